The van der Waals surface area contributed by atoms with Crippen molar-refractivity contribution in [1.29, 1.82) is 0 Å². The van der Waals surface area contributed by atoms with Crippen molar-refractivity contribution >= 4 is 17.7 Å². The van der Waals surface area contributed by atoms with Crippen LogP contribution < -0.4 is 4.74 Å². The molecule has 0 spiro atoms. The summed E-state index contributed by atoms with van der Waals surface area (Å²) >= 11 is 0. The molecule has 1 aromatic rings. The molecule has 1 aromatic carbocycles. The first-order valence-corrected chi connectivity index (χ1v) is 6.90. The van der Waals surface area contributed by atoms with Crippen LogP contribution >= 0.6 is 0 Å². The van der Waals surface area contributed by atoms with E-state index in [0.29, 0.717) is 5.56 Å². The van der Waals surface area contributed by atoms with Gasteiger partial charge in [0.05, 0.1) is 13.5 Å². The van der Waals surface area contributed by atoms with E-state index >= 15 is 0 Å². The van der Waals surface area contributed by atoms with Gasteiger partial charge in [-0.1, -0.05) is 0 Å². The van der Waals surface area contributed by atoms with E-state index in [0.717, 1.165) is 13.2 Å². The third kappa shape index (κ3) is 2.25. The summed E-state index contributed by atoms with van der Waals surface area (Å²) in [6.45, 7) is 1.71. The molecule has 23 heavy (non-hydrogen) atoms. The Kier molecular flexibility index (Phi) is 3.35. The Hall–Kier alpha value is -2.83. The number of esters is 2. The topological polar surface area (TPSA) is 99.1 Å². The first-order valence-electron chi connectivity index (χ1n) is 6.90. The number of Topliss-reactive ketones (excluding diaryl/α,β-unsaturated/α-hetero) is 1. The molecule has 0 amide bonds. The minimum absolute atomic E-state index is 0.00318. The molecule has 0 radical (unpaired) electrons. The summed E-state index contributed by atoms with van der Waals surface area (Å²) in [6.07, 6.45) is 1.02. The van der Waals surface area contributed by atoms with E-state index in [1.807, 2.05) is 0 Å². The Balaban J connectivity index is 2.12. The number of cyclic esters (lactones) is 1. The molecule has 2 aliphatic heterocycles. The van der Waals surface area contributed by atoms with Crippen LogP contribution in [-0.4, -0.2) is 41.6 Å². The SMILES string of the molecule is COC(=O)[C@]1([C@H]2C=CC(=O)O2)CC(=O)c2c(O)cc(C)cc2O1. The first-order chi connectivity index (χ1) is 10.9. The second-order valence-corrected chi connectivity index (χ2v) is 5.46. The van der Waals surface area contributed by atoms with E-state index in [4.69, 9.17) is 14.2 Å². The van der Waals surface area contributed by atoms with Crippen LogP contribution in [0.25, 0.3) is 0 Å². The highest BCUT2D eigenvalue weighted by molar-refractivity contribution is 6.06. The number of fused-ring (bicyclic) bond motifs is 1. The molecule has 2 aliphatic rings. The molecule has 0 saturated heterocycles. The largest absolute Gasteiger partial charge is 0.507 e. The Bertz CT molecular complexity index is 749. The average Bonchev–Trinajstić information content (AvgIpc) is 2.92. The van der Waals surface area contributed by atoms with Crippen LogP contribution in [0.4, 0.5) is 0 Å². The molecule has 120 valence electrons. The molecule has 1 N–H and O–H groups in total. The van der Waals surface area contributed by atoms with Crippen LogP contribution in [0.3, 0.4) is 0 Å². The summed E-state index contributed by atoms with van der Waals surface area (Å²) in [6, 6.07) is 2.96. The van der Waals surface area contributed by atoms with Gasteiger partial charge in [-0.05, 0) is 30.7 Å². The van der Waals surface area contributed by atoms with Crippen LogP contribution in [0.2, 0.25) is 0 Å². The van der Waals surface area contributed by atoms with E-state index in [9.17, 15) is 19.5 Å². The molecule has 0 unspecified atom stereocenters. The summed E-state index contributed by atoms with van der Waals surface area (Å²) in [7, 11) is 1.15. The Labute approximate surface area is 131 Å². The second-order valence-electron chi connectivity index (χ2n) is 5.46. The van der Waals surface area contributed by atoms with Gasteiger partial charge in [0.25, 0.3) is 5.60 Å². The lowest BCUT2D eigenvalue weighted by molar-refractivity contribution is -0.173. The zero-order chi connectivity index (χ0) is 16.8. The Morgan fingerprint density at radius 3 is 2.74 bits per heavy atom. The third-order valence-corrected chi connectivity index (χ3v) is 3.86. The highest BCUT2D eigenvalue weighted by Crippen LogP contribution is 2.42. The van der Waals surface area contributed by atoms with Crippen molar-refractivity contribution in [2.75, 3.05) is 7.11 Å². The number of ether oxygens (including phenoxy) is 3. The maximum Gasteiger partial charge on any atom is 0.355 e. The number of aryl methyl sites for hydroxylation is 1. The van der Waals surface area contributed by atoms with Gasteiger partial charge in [-0.2, -0.15) is 0 Å². The zero-order valence-electron chi connectivity index (χ0n) is 12.5. The van der Waals surface area contributed by atoms with Gasteiger partial charge in [-0.15, -0.1) is 0 Å². The van der Waals surface area contributed by atoms with Crippen molar-refractivity contribution in [2.45, 2.75) is 25.0 Å². The van der Waals surface area contributed by atoms with Crippen molar-refractivity contribution in [3.05, 3.63) is 35.4 Å². The highest BCUT2D eigenvalue weighted by atomic mass is 16.6. The lowest BCUT2D eigenvalue weighted by atomic mass is 9.84. The minimum atomic E-state index is -1.80. The van der Waals surface area contributed by atoms with Crippen molar-refractivity contribution in [2.24, 2.45) is 0 Å². The molecule has 0 fully saturated rings. The number of phenols is 1. The summed E-state index contributed by atoms with van der Waals surface area (Å²) in [5.74, 6) is -2.12. The lowest BCUT2D eigenvalue weighted by Crippen LogP contribution is -2.57. The molecule has 7 nitrogen and oxygen atoms in total. The number of hydrogen-bond donors (Lipinski definition) is 1. The molecule has 0 saturated carbocycles. The van der Waals surface area contributed by atoms with Crippen LogP contribution in [0.5, 0.6) is 11.5 Å². The highest BCUT2D eigenvalue weighted by Gasteiger charge is 2.56. The molecular formula is C16H14O7. The lowest BCUT2D eigenvalue weighted by Gasteiger charge is -2.38. The maximum absolute atomic E-state index is 12.5. The van der Waals surface area contributed by atoms with E-state index in [1.54, 1.807) is 6.92 Å². The first kappa shape index (κ1) is 15.1. The summed E-state index contributed by atoms with van der Waals surface area (Å²) in [5.41, 5.74) is -1.15. The number of aromatic hydroxyl groups is 1. The number of methoxy groups -OCH3 is 1. The quantitative estimate of drug-likeness (QED) is 0.814. The number of carbonyl (C=O) groups is 3. The molecular weight excluding hydrogens is 304 g/mol. The van der Waals surface area contributed by atoms with Crippen molar-refractivity contribution in [1.82, 2.24) is 0 Å². The molecule has 7 heteroatoms. The van der Waals surface area contributed by atoms with Crippen LogP contribution in [-0.2, 0) is 19.1 Å². The van der Waals surface area contributed by atoms with E-state index in [2.05, 4.69) is 0 Å². The van der Waals surface area contributed by atoms with Gasteiger partial charge in [0, 0.05) is 6.08 Å². The van der Waals surface area contributed by atoms with Crippen LogP contribution in [0, 0.1) is 6.92 Å². The number of phenolic OH excluding ortho intramolecular Hbond substituents is 1. The summed E-state index contributed by atoms with van der Waals surface area (Å²) in [5, 5.41) is 9.96. The predicted molar refractivity (Wildman–Crippen MR) is 76.2 cm³/mol. The van der Waals surface area contributed by atoms with E-state index in [1.165, 1.54) is 18.2 Å². The van der Waals surface area contributed by atoms with E-state index in [-0.39, 0.29) is 17.1 Å². The fourth-order valence-corrected chi connectivity index (χ4v) is 2.84. The summed E-state index contributed by atoms with van der Waals surface area (Å²) < 4.78 is 15.6. The maximum atomic E-state index is 12.5. The molecule has 2 heterocycles. The van der Waals surface area contributed by atoms with Crippen LogP contribution in [0.1, 0.15) is 22.3 Å². The molecule has 0 aromatic heterocycles. The van der Waals surface area contributed by atoms with Gasteiger partial charge in [0.2, 0.25) is 0 Å². The van der Waals surface area contributed by atoms with Gasteiger partial charge in [-0.3, -0.25) is 4.79 Å². The van der Waals surface area contributed by atoms with Gasteiger partial charge in [0.1, 0.15) is 17.1 Å². The van der Waals surface area contributed by atoms with E-state index < -0.39 is 35.8 Å². The fraction of sp³-hybridized carbons (Fsp3) is 0.312. The Morgan fingerprint density at radius 2 is 2.13 bits per heavy atom. The van der Waals surface area contributed by atoms with Gasteiger partial charge < -0.3 is 19.3 Å². The zero-order valence-corrected chi connectivity index (χ0v) is 12.5. The van der Waals surface area contributed by atoms with Crippen molar-refractivity contribution in [3.8, 4) is 11.5 Å². The molecule has 3 rings (SSSR count). The normalized spacial score (nSPS) is 25.6. The molecule has 2 atom stereocenters. The fourth-order valence-electron chi connectivity index (χ4n) is 2.84. The summed E-state index contributed by atoms with van der Waals surface area (Å²) in [4.78, 5) is 36.1. The second kappa shape index (κ2) is 5.12. The predicted octanol–water partition coefficient (Wildman–Crippen LogP) is 1.06. The number of benzene rings is 1. The number of rotatable bonds is 2. The van der Waals surface area contributed by atoms with Crippen molar-refractivity contribution in [3.63, 3.8) is 0 Å². The van der Waals surface area contributed by atoms with Crippen molar-refractivity contribution < 1.29 is 33.7 Å². The number of hydrogen-bond acceptors (Lipinski definition) is 7. The minimum Gasteiger partial charge on any atom is -0.507 e. The monoisotopic (exact) mass is 318 g/mol. The number of ketones is 1. The van der Waals surface area contributed by atoms with Gasteiger partial charge >= 0.3 is 11.9 Å². The molecule has 0 aliphatic carbocycles. The third-order valence-electron chi connectivity index (χ3n) is 3.86. The molecule has 0 bridgehead atoms. The van der Waals surface area contributed by atoms with Crippen LogP contribution in [0.15, 0.2) is 24.3 Å². The van der Waals surface area contributed by atoms with Gasteiger partial charge in [0.15, 0.2) is 11.9 Å². The smallest absolute Gasteiger partial charge is 0.355 e. The number of carbonyl (C=O) groups excluding carboxylic acids is 3. The average molecular weight is 318 g/mol. The standard InChI is InChI=1S/C16H14O7/c1-8-5-9(17)14-10(18)7-16(15(20)21-2,23-11(14)6-8)12-3-4-13(19)22-12/h3-6,12,17H,7H2,1-2H3/t12-,16-/m1/s1. The Morgan fingerprint density at radius 1 is 1.39 bits per heavy atom. The van der Waals surface area contributed by atoms with Gasteiger partial charge in [-0.25, -0.2) is 9.59 Å².